The van der Waals surface area contributed by atoms with Crippen LogP contribution in [-0.2, 0) is 10.0 Å². The Kier molecular flexibility index (Phi) is 4.85. The lowest BCUT2D eigenvalue weighted by Crippen LogP contribution is -2.29. The summed E-state index contributed by atoms with van der Waals surface area (Å²) in [6.07, 6.45) is 1.37. The highest BCUT2D eigenvalue weighted by atomic mass is 32.2. The summed E-state index contributed by atoms with van der Waals surface area (Å²) in [5, 5.41) is 0. The maximum Gasteiger partial charge on any atom is 0.240 e. The zero-order valence-electron chi connectivity index (χ0n) is 11.5. The topological polar surface area (TPSA) is 90.7 Å². The van der Waals surface area contributed by atoms with Gasteiger partial charge in [0.2, 0.25) is 10.0 Å². The van der Waals surface area contributed by atoms with Gasteiger partial charge in [-0.3, -0.25) is 0 Å². The summed E-state index contributed by atoms with van der Waals surface area (Å²) < 4.78 is 37.8. The van der Waals surface area contributed by atoms with Gasteiger partial charge in [-0.05, 0) is 25.5 Å². The zero-order valence-corrected chi connectivity index (χ0v) is 12.3. The highest BCUT2D eigenvalue weighted by Gasteiger charge is 2.18. The third-order valence-corrected chi connectivity index (χ3v) is 4.38. The molecule has 0 saturated heterocycles. The van der Waals surface area contributed by atoms with E-state index in [-0.39, 0.29) is 10.9 Å². The average molecular weight is 300 g/mol. The van der Waals surface area contributed by atoms with Gasteiger partial charge in [-0.2, -0.15) is 0 Å². The minimum Gasteiger partial charge on any atom is -0.490 e. The fourth-order valence-electron chi connectivity index (χ4n) is 1.82. The van der Waals surface area contributed by atoms with E-state index in [1.165, 1.54) is 12.1 Å². The third kappa shape index (κ3) is 3.84. The van der Waals surface area contributed by atoms with E-state index in [1.54, 1.807) is 6.07 Å². The molecule has 1 aliphatic rings. The van der Waals surface area contributed by atoms with Crippen molar-refractivity contribution in [1.29, 1.82) is 0 Å². The van der Waals surface area contributed by atoms with Crippen molar-refractivity contribution >= 4 is 10.0 Å². The number of nitrogens with one attached hydrogen (secondary N) is 1. The van der Waals surface area contributed by atoms with Gasteiger partial charge in [-0.1, -0.05) is 0 Å². The maximum absolute atomic E-state index is 12.1. The van der Waals surface area contributed by atoms with Crippen LogP contribution in [0.2, 0.25) is 0 Å². The number of rotatable bonds is 5. The number of sulfonamides is 1. The van der Waals surface area contributed by atoms with Crippen LogP contribution in [0.3, 0.4) is 0 Å². The molecule has 7 heteroatoms. The molecule has 1 heterocycles. The number of nitrogens with two attached hydrogens (primary N) is 1. The summed E-state index contributed by atoms with van der Waals surface area (Å²) in [6, 6.07) is 4.60. The van der Waals surface area contributed by atoms with Crippen LogP contribution in [0.5, 0.6) is 11.5 Å². The standard InChI is InChI=1S/C13H20N2O4S/c1-10(14)5-6-15-20(16,17)11-3-4-12-13(9-11)19-8-2-7-18-12/h3-4,9-10,15H,2,5-8,14H2,1H3. The molecule has 0 fully saturated rings. The minimum absolute atomic E-state index is 0.0403. The Balaban J connectivity index is 2.13. The van der Waals surface area contributed by atoms with Crippen molar-refractivity contribution < 1.29 is 17.9 Å². The first-order chi connectivity index (χ1) is 9.49. The van der Waals surface area contributed by atoms with Crippen molar-refractivity contribution in [3.8, 4) is 11.5 Å². The Hall–Kier alpha value is -1.31. The smallest absolute Gasteiger partial charge is 0.240 e. The lowest BCUT2D eigenvalue weighted by molar-refractivity contribution is 0.297. The Morgan fingerprint density at radius 3 is 2.70 bits per heavy atom. The Bertz CT molecular complexity index is 557. The number of hydrogen-bond acceptors (Lipinski definition) is 5. The zero-order chi connectivity index (χ0) is 14.6. The van der Waals surface area contributed by atoms with Crippen molar-refractivity contribution in [3.05, 3.63) is 18.2 Å². The molecule has 1 atom stereocenters. The molecule has 0 amide bonds. The third-order valence-electron chi connectivity index (χ3n) is 2.92. The molecule has 2 rings (SSSR count). The normalized spacial score (nSPS) is 16.5. The van der Waals surface area contributed by atoms with Crippen LogP contribution >= 0.6 is 0 Å². The predicted octanol–water partition coefficient (Wildman–Crippen LogP) is 0.864. The largest absolute Gasteiger partial charge is 0.490 e. The molecule has 1 unspecified atom stereocenters. The van der Waals surface area contributed by atoms with Crippen LogP contribution in [0.15, 0.2) is 23.1 Å². The molecule has 1 aromatic rings. The van der Waals surface area contributed by atoms with Crippen LogP contribution in [0.1, 0.15) is 19.8 Å². The Morgan fingerprint density at radius 2 is 2.00 bits per heavy atom. The molecule has 0 spiro atoms. The van der Waals surface area contributed by atoms with Crippen LogP contribution in [0.4, 0.5) is 0 Å². The number of hydrogen-bond donors (Lipinski definition) is 2. The van der Waals surface area contributed by atoms with E-state index in [0.29, 0.717) is 37.7 Å². The molecule has 1 aliphatic heterocycles. The average Bonchev–Trinajstić information content (AvgIpc) is 2.62. The molecule has 3 N–H and O–H groups in total. The summed E-state index contributed by atoms with van der Waals surface area (Å²) >= 11 is 0. The van der Waals surface area contributed by atoms with E-state index in [9.17, 15) is 8.42 Å². The summed E-state index contributed by atoms with van der Waals surface area (Å²) in [6.45, 7) is 3.25. The fraction of sp³-hybridized carbons (Fsp3) is 0.538. The summed E-state index contributed by atoms with van der Waals surface area (Å²) in [4.78, 5) is 0.173. The highest BCUT2D eigenvalue weighted by Crippen LogP contribution is 2.31. The van der Waals surface area contributed by atoms with Gasteiger partial charge < -0.3 is 15.2 Å². The number of benzene rings is 1. The quantitative estimate of drug-likeness (QED) is 0.842. The molecule has 0 aromatic heterocycles. The van der Waals surface area contributed by atoms with Crippen molar-refractivity contribution in [2.45, 2.75) is 30.7 Å². The second-order valence-electron chi connectivity index (χ2n) is 4.82. The second kappa shape index (κ2) is 6.43. The number of ether oxygens (including phenoxy) is 2. The van der Waals surface area contributed by atoms with Crippen LogP contribution in [0.25, 0.3) is 0 Å². The summed E-state index contributed by atoms with van der Waals surface area (Å²) in [7, 11) is -3.54. The molecule has 0 aliphatic carbocycles. The first-order valence-electron chi connectivity index (χ1n) is 6.64. The Morgan fingerprint density at radius 1 is 1.30 bits per heavy atom. The van der Waals surface area contributed by atoms with Crippen molar-refractivity contribution in [3.63, 3.8) is 0 Å². The van der Waals surface area contributed by atoms with Gasteiger partial charge in [0, 0.05) is 25.1 Å². The molecular formula is C13H20N2O4S. The van der Waals surface area contributed by atoms with Crippen molar-refractivity contribution in [1.82, 2.24) is 4.72 Å². The monoisotopic (exact) mass is 300 g/mol. The van der Waals surface area contributed by atoms with Crippen molar-refractivity contribution in [2.75, 3.05) is 19.8 Å². The fourth-order valence-corrected chi connectivity index (χ4v) is 2.88. The molecule has 0 saturated carbocycles. The van der Waals surface area contributed by atoms with E-state index in [0.717, 1.165) is 6.42 Å². The van der Waals surface area contributed by atoms with Crippen LogP contribution in [-0.4, -0.2) is 34.2 Å². The molecule has 112 valence electrons. The van der Waals surface area contributed by atoms with Gasteiger partial charge in [0.15, 0.2) is 11.5 Å². The van der Waals surface area contributed by atoms with Gasteiger partial charge in [-0.25, -0.2) is 13.1 Å². The predicted molar refractivity (Wildman–Crippen MR) is 75.5 cm³/mol. The molecule has 0 bridgehead atoms. The van der Waals surface area contributed by atoms with Gasteiger partial charge >= 0.3 is 0 Å². The van der Waals surface area contributed by atoms with Gasteiger partial charge in [0.1, 0.15) is 0 Å². The first kappa shape index (κ1) is 15.1. The highest BCUT2D eigenvalue weighted by molar-refractivity contribution is 7.89. The van der Waals surface area contributed by atoms with E-state index in [2.05, 4.69) is 4.72 Å². The van der Waals surface area contributed by atoms with E-state index in [1.807, 2.05) is 6.92 Å². The summed E-state index contributed by atoms with van der Waals surface area (Å²) in [5.41, 5.74) is 5.60. The minimum atomic E-state index is -3.54. The van der Waals surface area contributed by atoms with Gasteiger partial charge in [0.25, 0.3) is 0 Å². The van der Waals surface area contributed by atoms with Crippen molar-refractivity contribution in [2.24, 2.45) is 5.73 Å². The van der Waals surface area contributed by atoms with E-state index < -0.39 is 10.0 Å². The first-order valence-corrected chi connectivity index (χ1v) is 8.12. The maximum atomic E-state index is 12.1. The SMILES string of the molecule is CC(N)CCNS(=O)(=O)c1ccc2c(c1)OCCCO2. The molecule has 6 nitrogen and oxygen atoms in total. The molecular weight excluding hydrogens is 280 g/mol. The second-order valence-corrected chi connectivity index (χ2v) is 6.59. The molecule has 0 radical (unpaired) electrons. The van der Waals surface area contributed by atoms with Gasteiger partial charge in [0.05, 0.1) is 18.1 Å². The van der Waals surface area contributed by atoms with Gasteiger partial charge in [-0.15, -0.1) is 0 Å². The van der Waals surface area contributed by atoms with Crippen LogP contribution < -0.4 is 19.9 Å². The van der Waals surface area contributed by atoms with E-state index >= 15 is 0 Å². The molecule has 20 heavy (non-hydrogen) atoms. The van der Waals surface area contributed by atoms with Crippen LogP contribution in [0, 0.1) is 0 Å². The molecule has 1 aromatic carbocycles. The van der Waals surface area contributed by atoms with E-state index in [4.69, 9.17) is 15.2 Å². The summed E-state index contributed by atoms with van der Waals surface area (Å²) in [5.74, 6) is 1.05. The lowest BCUT2D eigenvalue weighted by atomic mass is 10.3. The number of fused-ring (bicyclic) bond motifs is 1. The Labute approximate surface area is 119 Å². The lowest BCUT2D eigenvalue weighted by Gasteiger charge is -2.11.